The monoisotopic (exact) mass is 312 g/mol. The highest BCUT2D eigenvalue weighted by Gasteiger charge is 2.18. The molecule has 1 aromatic rings. The number of allylic oxidation sites excluding steroid dienone is 3. The second-order valence-electron chi connectivity index (χ2n) is 6.07. The van der Waals surface area contributed by atoms with Crippen LogP contribution in [0.5, 0.6) is 5.75 Å². The van der Waals surface area contributed by atoms with Crippen LogP contribution in [0.15, 0.2) is 53.2 Å². The van der Waals surface area contributed by atoms with Crippen molar-refractivity contribution in [1.29, 1.82) is 0 Å². The molecule has 0 aromatic heterocycles. The summed E-state index contributed by atoms with van der Waals surface area (Å²) in [4.78, 5) is 11.9. The summed E-state index contributed by atoms with van der Waals surface area (Å²) in [5, 5.41) is 4.25. The van der Waals surface area contributed by atoms with Gasteiger partial charge in [-0.05, 0) is 62.8 Å². The minimum absolute atomic E-state index is 0.0487. The van der Waals surface area contributed by atoms with Gasteiger partial charge in [-0.1, -0.05) is 30.4 Å². The van der Waals surface area contributed by atoms with E-state index < -0.39 is 0 Å². The number of carbonyl (C=O) groups excluding carboxylic acids is 1. The minimum atomic E-state index is -0.260. The molecule has 0 saturated heterocycles. The first-order chi connectivity index (χ1) is 11.0. The number of nitrogens with one attached hydrogen (secondary N) is 1. The Morgan fingerprint density at radius 2 is 2.22 bits per heavy atom. The maximum absolute atomic E-state index is 11.9. The van der Waals surface area contributed by atoms with Crippen LogP contribution < -0.4 is 10.2 Å². The van der Waals surface area contributed by atoms with Crippen molar-refractivity contribution in [2.75, 3.05) is 6.61 Å². The molecular formula is C19H24N2O2. The summed E-state index contributed by atoms with van der Waals surface area (Å²) < 4.78 is 5.46. The summed E-state index contributed by atoms with van der Waals surface area (Å²) in [5.74, 6) is 0.825. The fraction of sp³-hybridized carbons (Fsp3) is 0.368. The van der Waals surface area contributed by atoms with Crippen molar-refractivity contribution in [1.82, 2.24) is 5.43 Å². The standard InChI is InChI=1S/C19H24N2O2/c1-13(2)16-9-8-15(4)18(11-16)20-21-19(22)12-23-17-7-5-6-14(3)10-17/h5-8,10,16H,1,9,11-12H2,2-4H3,(H,21,22). The van der Waals surface area contributed by atoms with Crippen molar-refractivity contribution in [2.45, 2.75) is 33.6 Å². The largest absolute Gasteiger partial charge is 0.484 e. The Morgan fingerprint density at radius 1 is 1.43 bits per heavy atom. The molecule has 0 saturated carbocycles. The summed E-state index contributed by atoms with van der Waals surface area (Å²) >= 11 is 0. The number of rotatable bonds is 5. The molecule has 1 N–H and O–H groups in total. The van der Waals surface area contributed by atoms with E-state index in [0.29, 0.717) is 11.7 Å². The predicted octanol–water partition coefficient (Wildman–Crippen LogP) is 3.78. The van der Waals surface area contributed by atoms with Crippen molar-refractivity contribution in [2.24, 2.45) is 11.0 Å². The first-order valence-corrected chi connectivity index (χ1v) is 7.83. The summed E-state index contributed by atoms with van der Waals surface area (Å²) in [7, 11) is 0. The molecule has 0 radical (unpaired) electrons. The average molecular weight is 312 g/mol. The van der Waals surface area contributed by atoms with E-state index in [0.717, 1.165) is 35.3 Å². The molecule has 1 aliphatic rings. The predicted molar refractivity (Wildman–Crippen MR) is 93.5 cm³/mol. The van der Waals surface area contributed by atoms with Crippen molar-refractivity contribution < 1.29 is 9.53 Å². The highest BCUT2D eigenvalue weighted by molar-refractivity contribution is 6.01. The maximum atomic E-state index is 11.9. The van der Waals surface area contributed by atoms with Gasteiger partial charge in [-0.3, -0.25) is 4.79 Å². The molecule has 2 rings (SSSR count). The van der Waals surface area contributed by atoms with Gasteiger partial charge in [0.25, 0.3) is 5.91 Å². The third-order valence-corrected chi connectivity index (χ3v) is 3.98. The van der Waals surface area contributed by atoms with E-state index in [1.807, 2.05) is 45.0 Å². The average Bonchev–Trinajstić information content (AvgIpc) is 2.52. The summed E-state index contributed by atoms with van der Waals surface area (Å²) in [6.07, 6.45) is 3.96. The van der Waals surface area contributed by atoms with E-state index in [2.05, 4.69) is 23.2 Å². The van der Waals surface area contributed by atoms with E-state index in [1.54, 1.807) is 0 Å². The minimum Gasteiger partial charge on any atom is -0.484 e. The Kier molecular flexibility index (Phi) is 5.74. The molecular weight excluding hydrogens is 288 g/mol. The number of amides is 1. The van der Waals surface area contributed by atoms with Gasteiger partial charge in [-0.15, -0.1) is 0 Å². The van der Waals surface area contributed by atoms with Gasteiger partial charge in [0, 0.05) is 0 Å². The Balaban J connectivity index is 1.88. The van der Waals surface area contributed by atoms with Crippen LogP contribution >= 0.6 is 0 Å². The van der Waals surface area contributed by atoms with Crippen LogP contribution in [0.25, 0.3) is 0 Å². The van der Waals surface area contributed by atoms with E-state index in [4.69, 9.17) is 4.74 Å². The Labute approximate surface area is 137 Å². The van der Waals surface area contributed by atoms with Crippen LogP contribution in [0, 0.1) is 12.8 Å². The number of benzene rings is 1. The second-order valence-corrected chi connectivity index (χ2v) is 6.07. The zero-order valence-corrected chi connectivity index (χ0v) is 14.1. The number of aryl methyl sites for hydroxylation is 1. The summed E-state index contributed by atoms with van der Waals surface area (Å²) in [6.45, 7) is 9.99. The van der Waals surface area contributed by atoms with Crippen LogP contribution in [0.2, 0.25) is 0 Å². The van der Waals surface area contributed by atoms with Gasteiger partial charge in [-0.25, -0.2) is 5.43 Å². The van der Waals surface area contributed by atoms with Crippen LogP contribution in [0.4, 0.5) is 0 Å². The van der Waals surface area contributed by atoms with Crippen molar-refractivity contribution >= 4 is 11.6 Å². The van der Waals surface area contributed by atoms with Crippen LogP contribution in [0.1, 0.15) is 32.3 Å². The third-order valence-electron chi connectivity index (χ3n) is 3.98. The van der Waals surface area contributed by atoms with Crippen molar-refractivity contribution in [3.8, 4) is 5.75 Å². The number of nitrogens with zero attached hydrogens (tertiary/aromatic N) is 1. The zero-order chi connectivity index (χ0) is 16.8. The molecule has 1 unspecified atom stereocenters. The first-order valence-electron chi connectivity index (χ1n) is 7.83. The molecule has 1 amide bonds. The van der Waals surface area contributed by atoms with Crippen LogP contribution in [-0.4, -0.2) is 18.2 Å². The number of hydrogen-bond acceptors (Lipinski definition) is 3. The van der Waals surface area contributed by atoms with Gasteiger partial charge in [0.15, 0.2) is 6.61 Å². The number of carbonyl (C=O) groups is 1. The quantitative estimate of drug-likeness (QED) is 0.664. The van der Waals surface area contributed by atoms with Gasteiger partial charge in [0.2, 0.25) is 0 Å². The van der Waals surface area contributed by atoms with E-state index >= 15 is 0 Å². The fourth-order valence-corrected chi connectivity index (χ4v) is 2.44. The van der Waals surface area contributed by atoms with E-state index in [9.17, 15) is 4.79 Å². The first kappa shape index (κ1) is 17.0. The maximum Gasteiger partial charge on any atom is 0.277 e. The molecule has 1 atom stereocenters. The normalized spacial score (nSPS) is 19.2. The zero-order valence-electron chi connectivity index (χ0n) is 14.1. The lowest BCUT2D eigenvalue weighted by atomic mass is 9.85. The molecule has 0 aliphatic heterocycles. The lowest BCUT2D eigenvalue weighted by molar-refractivity contribution is -0.123. The van der Waals surface area contributed by atoms with Gasteiger partial charge in [0.1, 0.15) is 5.75 Å². The van der Waals surface area contributed by atoms with Crippen LogP contribution in [0.3, 0.4) is 0 Å². The summed E-state index contributed by atoms with van der Waals surface area (Å²) in [6, 6.07) is 7.61. The van der Waals surface area contributed by atoms with Crippen molar-refractivity contribution in [3.63, 3.8) is 0 Å². The molecule has 1 aromatic carbocycles. The topological polar surface area (TPSA) is 50.7 Å². The Hall–Kier alpha value is -2.36. The molecule has 0 bridgehead atoms. The van der Waals surface area contributed by atoms with Gasteiger partial charge in [0.05, 0.1) is 5.71 Å². The molecule has 23 heavy (non-hydrogen) atoms. The fourth-order valence-electron chi connectivity index (χ4n) is 2.44. The smallest absolute Gasteiger partial charge is 0.277 e. The SMILES string of the molecule is C=C(C)C1CC=C(C)C(=NNC(=O)COc2cccc(C)c2)C1. The summed E-state index contributed by atoms with van der Waals surface area (Å²) in [5.41, 5.74) is 6.85. The lowest BCUT2D eigenvalue weighted by Crippen LogP contribution is -2.27. The highest BCUT2D eigenvalue weighted by atomic mass is 16.5. The van der Waals surface area contributed by atoms with Gasteiger partial charge < -0.3 is 4.74 Å². The second kappa shape index (κ2) is 7.77. The number of hydrogen-bond donors (Lipinski definition) is 1. The molecule has 4 nitrogen and oxygen atoms in total. The molecule has 122 valence electrons. The van der Waals surface area contributed by atoms with Crippen LogP contribution in [-0.2, 0) is 4.79 Å². The lowest BCUT2D eigenvalue weighted by Gasteiger charge is -2.22. The molecule has 1 aliphatic carbocycles. The molecule has 0 fully saturated rings. The Bertz CT molecular complexity index is 659. The van der Waals surface area contributed by atoms with E-state index in [1.165, 1.54) is 0 Å². The van der Waals surface area contributed by atoms with Gasteiger partial charge >= 0.3 is 0 Å². The molecule has 4 heteroatoms. The molecule has 0 spiro atoms. The Morgan fingerprint density at radius 3 is 2.91 bits per heavy atom. The van der Waals surface area contributed by atoms with Crippen molar-refractivity contribution in [3.05, 3.63) is 53.6 Å². The third kappa shape index (κ3) is 5.09. The number of hydrazone groups is 1. The molecule has 0 heterocycles. The van der Waals surface area contributed by atoms with Gasteiger partial charge in [-0.2, -0.15) is 5.10 Å². The highest BCUT2D eigenvalue weighted by Crippen LogP contribution is 2.26. The number of ether oxygens (including phenoxy) is 1. The van der Waals surface area contributed by atoms with E-state index in [-0.39, 0.29) is 12.5 Å².